The predicted molar refractivity (Wildman–Crippen MR) is 50.4 cm³/mol. The Balaban J connectivity index is 2.68. The number of nitrogens with two attached hydrogens (primary N) is 1. The van der Waals surface area contributed by atoms with Crippen LogP contribution in [0.15, 0.2) is 35.6 Å². The van der Waals surface area contributed by atoms with E-state index in [-0.39, 0.29) is 6.61 Å². The highest BCUT2D eigenvalue weighted by Crippen LogP contribution is 2.13. The third-order valence-electron chi connectivity index (χ3n) is 1.89. The fourth-order valence-corrected chi connectivity index (χ4v) is 1.22. The molecule has 0 saturated carbocycles. The maximum Gasteiger partial charge on any atom is 0.0618 e. The first kappa shape index (κ1) is 9.07. The molecule has 0 atom stereocenters. The van der Waals surface area contributed by atoms with Crippen molar-refractivity contribution in [1.29, 1.82) is 0 Å². The second-order valence-electron chi connectivity index (χ2n) is 2.89. The topological polar surface area (TPSA) is 46.2 Å². The normalized spacial score (nSPS) is 28.8. The highest BCUT2D eigenvalue weighted by atomic mass is 16.2. The van der Waals surface area contributed by atoms with Gasteiger partial charge in [0.1, 0.15) is 0 Å². The van der Waals surface area contributed by atoms with Gasteiger partial charge in [0.05, 0.1) is 6.61 Å². The lowest BCUT2D eigenvalue weighted by Gasteiger charge is -2.04. The monoisotopic (exact) mass is 165 g/mol. The molecule has 66 valence electrons. The van der Waals surface area contributed by atoms with Crippen molar-refractivity contribution >= 4 is 0 Å². The summed E-state index contributed by atoms with van der Waals surface area (Å²) in [7, 11) is 0. The van der Waals surface area contributed by atoms with E-state index in [2.05, 4.69) is 0 Å². The molecule has 1 aliphatic rings. The van der Waals surface area contributed by atoms with Crippen molar-refractivity contribution in [3.63, 3.8) is 0 Å². The minimum atomic E-state index is 0.114. The Morgan fingerprint density at radius 1 is 1.50 bits per heavy atom. The molecule has 0 unspecified atom stereocenters. The van der Waals surface area contributed by atoms with E-state index in [0.29, 0.717) is 0 Å². The van der Waals surface area contributed by atoms with Gasteiger partial charge < -0.3 is 10.8 Å². The molecular weight excluding hydrogens is 150 g/mol. The van der Waals surface area contributed by atoms with Gasteiger partial charge in [-0.1, -0.05) is 18.2 Å². The van der Waals surface area contributed by atoms with Gasteiger partial charge >= 0.3 is 0 Å². The largest absolute Gasteiger partial charge is 0.399 e. The number of allylic oxidation sites excluding steroid dienone is 4. The van der Waals surface area contributed by atoms with Gasteiger partial charge in [-0.15, -0.1) is 0 Å². The first-order valence-corrected chi connectivity index (χ1v) is 4.26. The summed E-state index contributed by atoms with van der Waals surface area (Å²) < 4.78 is 0. The number of hydrogen-bond acceptors (Lipinski definition) is 2. The van der Waals surface area contributed by atoms with E-state index in [1.54, 1.807) is 0 Å². The molecule has 3 N–H and O–H groups in total. The molecule has 12 heavy (non-hydrogen) atoms. The van der Waals surface area contributed by atoms with Crippen LogP contribution in [0.3, 0.4) is 0 Å². The molecule has 0 aliphatic heterocycles. The highest BCUT2D eigenvalue weighted by Gasteiger charge is 1.96. The van der Waals surface area contributed by atoms with Gasteiger partial charge in [0.25, 0.3) is 0 Å². The molecule has 0 bridgehead atoms. The van der Waals surface area contributed by atoms with Gasteiger partial charge in [0.2, 0.25) is 0 Å². The molecule has 0 saturated heterocycles. The average molecular weight is 165 g/mol. The fourth-order valence-electron chi connectivity index (χ4n) is 1.22. The summed E-state index contributed by atoms with van der Waals surface area (Å²) >= 11 is 0. The van der Waals surface area contributed by atoms with Gasteiger partial charge in [0, 0.05) is 5.70 Å². The highest BCUT2D eigenvalue weighted by molar-refractivity contribution is 5.27. The molecule has 0 spiro atoms. The molecule has 2 nitrogen and oxygen atoms in total. The number of hydrogen-bond donors (Lipinski definition) is 2. The predicted octanol–water partition coefficient (Wildman–Crippen LogP) is 1.49. The molecule has 0 aromatic carbocycles. The van der Waals surface area contributed by atoms with Crippen LogP contribution in [0.1, 0.15) is 19.3 Å². The van der Waals surface area contributed by atoms with Crippen LogP contribution in [0.25, 0.3) is 0 Å². The fraction of sp³-hybridized carbons (Fsp3) is 0.400. The quantitative estimate of drug-likeness (QED) is 0.618. The SMILES string of the molecule is NC1=C/CCCC(=C\CO)/C=C\1. The zero-order valence-corrected chi connectivity index (χ0v) is 7.16. The van der Waals surface area contributed by atoms with E-state index < -0.39 is 0 Å². The third-order valence-corrected chi connectivity index (χ3v) is 1.89. The Bertz CT molecular complexity index is 226. The number of aliphatic hydroxyl groups is 1. The van der Waals surface area contributed by atoms with E-state index in [9.17, 15) is 0 Å². The van der Waals surface area contributed by atoms with Crippen LogP contribution in [-0.4, -0.2) is 11.7 Å². The second kappa shape index (κ2) is 4.78. The average Bonchev–Trinajstić information content (AvgIpc) is 2.04. The van der Waals surface area contributed by atoms with Crippen LogP contribution in [0.2, 0.25) is 0 Å². The molecule has 0 amide bonds. The molecule has 0 fully saturated rings. The summed E-state index contributed by atoms with van der Waals surface area (Å²) in [6.07, 6.45) is 10.9. The maximum atomic E-state index is 8.69. The minimum absolute atomic E-state index is 0.114. The standard InChI is InChI=1S/C10H15NO/c11-10-4-2-1-3-9(5-6-10)7-8-12/h4-7,12H,1-3,8,11H2/b6-5-,9-7+,10-4+. The van der Waals surface area contributed by atoms with Crippen LogP contribution in [-0.2, 0) is 0 Å². The van der Waals surface area contributed by atoms with Crippen molar-refractivity contribution in [3.8, 4) is 0 Å². The summed E-state index contributed by atoms with van der Waals surface area (Å²) in [5.74, 6) is 0. The minimum Gasteiger partial charge on any atom is -0.399 e. The van der Waals surface area contributed by atoms with Crippen molar-refractivity contribution in [1.82, 2.24) is 0 Å². The lowest BCUT2D eigenvalue weighted by molar-refractivity contribution is 0.341. The van der Waals surface area contributed by atoms with Gasteiger partial charge in [-0.25, -0.2) is 0 Å². The van der Waals surface area contributed by atoms with Crippen LogP contribution in [0.4, 0.5) is 0 Å². The van der Waals surface area contributed by atoms with Crippen LogP contribution < -0.4 is 5.73 Å². The van der Waals surface area contributed by atoms with Gasteiger partial charge in [-0.05, 0) is 30.9 Å². The summed E-state index contributed by atoms with van der Waals surface area (Å²) in [4.78, 5) is 0. The van der Waals surface area contributed by atoms with Gasteiger partial charge in [0.15, 0.2) is 0 Å². The Morgan fingerprint density at radius 2 is 2.33 bits per heavy atom. The third kappa shape index (κ3) is 2.93. The first-order chi connectivity index (χ1) is 5.83. The molecule has 0 heterocycles. The number of rotatable bonds is 1. The van der Waals surface area contributed by atoms with E-state index >= 15 is 0 Å². The van der Waals surface area contributed by atoms with Crippen LogP contribution in [0.5, 0.6) is 0 Å². The van der Waals surface area contributed by atoms with Crippen molar-refractivity contribution < 1.29 is 5.11 Å². The molecular formula is C10H15NO. The molecule has 0 aromatic rings. The molecule has 0 radical (unpaired) electrons. The molecule has 0 aromatic heterocycles. The number of aliphatic hydroxyl groups excluding tert-OH is 1. The Kier molecular flexibility index (Phi) is 3.61. The maximum absolute atomic E-state index is 8.69. The van der Waals surface area contributed by atoms with Gasteiger partial charge in [-0.2, -0.15) is 0 Å². The Hall–Kier alpha value is -1.02. The van der Waals surface area contributed by atoms with Crippen molar-refractivity contribution in [2.75, 3.05) is 6.61 Å². The Morgan fingerprint density at radius 3 is 3.08 bits per heavy atom. The van der Waals surface area contributed by atoms with Crippen molar-refractivity contribution in [2.45, 2.75) is 19.3 Å². The molecule has 2 heteroatoms. The summed E-state index contributed by atoms with van der Waals surface area (Å²) in [6, 6.07) is 0. The summed E-state index contributed by atoms with van der Waals surface area (Å²) in [5.41, 5.74) is 7.64. The van der Waals surface area contributed by atoms with Crippen LogP contribution in [0, 0.1) is 0 Å². The van der Waals surface area contributed by atoms with Crippen molar-refractivity contribution in [2.24, 2.45) is 5.73 Å². The summed E-state index contributed by atoms with van der Waals surface area (Å²) in [5, 5.41) is 8.69. The molecule has 1 aliphatic carbocycles. The van der Waals surface area contributed by atoms with Crippen molar-refractivity contribution in [3.05, 3.63) is 35.6 Å². The second-order valence-corrected chi connectivity index (χ2v) is 2.89. The van der Waals surface area contributed by atoms with E-state index in [0.717, 1.165) is 25.0 Å². The van der Waals surface area contributed by atoms with E-state index in [4.69, 9.17) is 10.8 Å². The van der Waals surface area contributed by atoms with Crippen LogP contribution >= 0.6 is 0 Å². The first-order valence-electron chi connectivity index (χ1n) is 4.26. The summed E-state index contributed by atoms with van der Waals surface area (Å²) in [6.45, 7) is 0.114. The zero-order valence-electron chi connectivity index (χ0n) is 7.16. The Labute approximate surface area is 73.1 Å². The van der Waals surface area contributed by atoms with Gasteiger partial charge in [-0.3, -0.25) is 0 Å². The smallest absolute Gasteiger partial charge is 0.0618 e. The zero-order chi connectivity index (χ0) is 8.81. The lowest BCUT2D eigenvalue weighted by atomic mass is 10.0. The molecule has 1 rings (SSSR count). The van der Waals surface area contributed by atoms with E-state index in [1.165, 1.54) is 5.57 Å². The van der Waals surface area contributed by atoms with E-state index in [1.807, 2.05) is 24.3 Å². The lowest BCUT2D eigenvalue weighted by Crippen LogP contribution is -1.95.